The third kappa shape index (κ3) is 6.19. The highest BCUT2D eigenvalue weighted by Gasteiger charge is 2.45. The molecule has 5 heterocycles. The summed E-state index contributed by atoms with van der Waals surface area (Å²) in [5, 5.41) is 10.9. The maximum atomic E-state index is 16.8. The second-order valence-corrected chi connectivity index (χ2v) is 14.5. The summed E-state index contributed by atoms with van der Waals surface area (Å²) in [6, 6.07) is 9.75. The van der Waals surface area contributed by atoms with Crippen molar-refractivity contribution in [1.29, 1.82) is 5.26 Å². The third-order valence-electron chi connectivity index (χ3n) is 9.85. The Bertz CT molecular complexity index is 1970. The normalized spacial score (nSPS) is 19.3. The molecule has 7 rings (SSSR count). The summed E-state index contributed by atoms with van der Waals surface area (Å²) in [5.74, 6) is -0.951. The van der Waals surface area contributed by atoms with Crippen LogP contribution in [-0.2, 0) is 4.74 Å². The topological polar surface area (TPSA) is 108 Å². The molecular weight excluding hydrogens is 652 g/mol. The van der Waals surface area contributed by atoms with Gasteiger partial charge in [-0.15, -0.1) is 0 Å². The molecule has 0 bridgehead atoms. The molecule has 256 valence electrons. The number of rotatable bonds is 6. The molecule has 1 amide bonds. The van der Waals surface area contributed by atoms with E-state index in [9.17, 15) is 14.4 Å². The first-order chi connectivity index (χ1) is 23.5. The highest BCUT2D eigenvalue weighted by Crippen LogP contribution is 2.41. The fourth-order valence-corrected chi connectivity index (χ4v) is 7.84. The second kappa shape index (κ2) is 12.8. The highest BCUT2D eigenvalue weighted by atomic mass is 35.5. The van der Waals surface area contributed by atoms with E-state index in [0.29, 0.717) is 40.7 Å². The van der Waals surface area contributed by atoms with Crippen molar-refractivity contribution in [3.63, 3.8) is 0 Å². The Morgan fingerprint density at radius 1 is 1.10 bits per heavy atom. The van der Waals surface area contributed by atoms with Crippen molar-refractivity contribution in [1.82, 2.24) is 24.8 Å². The summed E-state index contributed by atoms with van der Waals surface area (Å²) < 4.78 is 43.4. The number of carbonyl (C=O) groups excluding carboxylic acids is 1. The van der Waals surface area contributed by atoms with Crippen LogP contribution in [0.1, 0.15) is 52.9 Å². The molecule has 1 atom stereocenters. The lowest BCUT2D eigenvalue weighted by Crippen LogP contribution is -2.56. The van der Waals surface area contributed by atoms with Crippen LogP contribution in [0.15, 0.2) is 36.5 Å². The number of halogens is 3. The number of carbonyl (C=O) groups is 1. The third-order valence-corrected chi connectivity index (χ3v) is 10.2. The van der Waals surface area contributed by atoms with Crippen LogP contribution in [0, 0.1) is 23.0 Å². The molecule has 10 nitrogen and oxygen atoms in total. The average Bonchev–Trinajstić information content (AvgIpc) is 3.65. The van der Waals surface area contributed by atoms with Crippen LogP contribution in [0.3, 0.4) is 0 Å². The van der Waals surface area contributed by atoms with Crippen molar-refractivity contribution in [3.8, 4) is 23.3 Å². The van der Waals surface area contributed by atoms with Gasteiger partial charge in [0.05, 0.1) is 34.5 Å². The van der Waals surface area contributed by atoms with Crippen LogP contribution < -0.4 is 9.64 Å². The summed E-state index contributed by atoms with van der Waals surface area (Å²) >= 11 is 6.42. The molecule has 2 aromatic heterocycles. The molecule has 0 spiro atoms. The van der Waals surface area contributed by atoms with E-state index in [1.165, 1.54) is 12.3 Å². The Balaban J connectivity index is 1.31. The van der Waals surface area contributed by atoms with Gasteiger partial charge >= 0.3 is 12.1 Å². The van der Waals surface area contributed by atoms with Crippen LogP contribution >= 0.6 is 11.6 Å². The number of piperazine rings is 1. The predicted molar refractivity (Wildman–Crippen MR) is 183 cm³/mol. The number of hydrogen-bond acceptors (Lipinski definition) is 9. The Morgan fingerprint density at radius 3 is 2.61 bits per heavy atom. The van der Waals surface area contributed by atoms with Crippen molar-refractivity contribution in [3.05, 3.63) is 53.2 Å². The smallest absolute Gasteiger partial charge is 0.410 e. The zero-order chi connectivity index (χ0) is 34.5. The molecule has 3 saturated heterocycles. The van der Waals surface area contributed by atoms with E-state index in [1.807, 2.05) is 4.90 Å². The van der Waals surface area contributed by atoms with Gasteiger partial charge in [0.1, 0.15) is 35.1 Å². The van der Waals surface area contributed by atoms with Crippen LogP contribution in [-0.4, -0.2) is 87.4 Å². The van der Waals surface area contributed by atoms with Crippen molar-refractivity contribution >= 4 is 45.2 Å². The average molecular weight is 690 g/mol. The lowest BCUT2D eigenvalue weighted by atomic mass is 9.95. The van der Waals surface area contributed by atoms with Gasteiger partial charge in [-0.05, 0) is 71.0 Å². The first kappa shape index (κ1) is 33.2. The number of anilines is 1. The van der Waals surface area contributed by atoms with Crippen molar-refractivity contribution in [2.75, 3.05) is 44.2 Å². The minimum absolute atomic E-state index is 0.00636. The van der Waals surface area contributed by atoms with Gasteiger partial charge in [-0.2, -0.15) is 15.2 Å². The summed E-state index contributed by atoms with van der Waals surface area (Å²) in [7, 11) is 0. The second-order valence-electron chi connectivity index (χ2n) is 14.1. The van der Waals surface area contributed by atoms with Crippen molar-refractivity contribution < 1.29 is 23.0 Å². The van der Waals surface area contributed by atoms with E-state index in [2.05, 4.69) is 20.9 Å². The lowest BCUT2D eigenvalue weighted by molar-refractivity contribution is 0.0145. The number of benzene rings is 2. The monoisotopic (exact) mass is 689 g/mol. The summed E-state index contributed by atoms with van der Waals surface area (Å²) in [6.07, 6.45) is 5.28. The molecule has 49 heavy (non-hydrogen) atoms. The maximum Gasteiger partial charge on any atom is 0.410 e. The van der Waals surface area contributed by atoms with Gasteiger partial charge in [0.2, 0.25) is 0 Å². The molecule has 0 radical (unpaired) electrons. The molecule has 3 aliphatic rings. The number of pyridine rings is 1. The molecule has 3 aliphatic heterocycles. The van der Waals surface area contributed by atoms with Crippen molar-refractivity contribution in [2.24, 2.45) is 0 Å². The molecule has 0 saturated carbocycles. The quantitative estimate of drug-likeness (QED) is 0.209. The van der Waals surface area contributed by atoms with E-state index < -0.39 is 29.4 Å². The zero-order valence-corrected chi connectivity index (χ0v) is 28.6. The van der Waals surface area contributed by atoms with Crippen LogP contribution in [0.4, 0.5) is 19.4 Å². The summed E-state index contributed by atoms with van der Waals surface area (Å²) in [4.78, 5) is 33.0. The zero-order valence-electron chi connectivity index (χ0n) is 27.8. The van der Waals surface area contributed by atoms with Gasteiger partial charge in [-0.3, -0.25) is 9.88 Å². The number of hydrogen-bond donors (Lipinski definition) is 0. The SMILES string of the molecule is CC(C)(C)OC(=O)N1CCN(c2nc(OCC34CCCN3CCC4)nc3c(F)c(-c4cccc5ccc(F)c(Cl)c45)ncc23)C[C@@H]1CC#N. The number of ether oxygens (including phenoxy) is 2. The van der Waals surface area contributed by atoms with Gasteiger partial charge in [0.25, 0.3) is 0 Å². The van der Waals surface area contributed by atoms with Crippen molar-refractivity contribution in [2.45, 2.75) is 70.1 Å². The van der Waals surface area contributed by atoms with E-state index >= 15 is 4.39 Å². The Morgan fingerprint density at radius 2 is 1.88 bits per heavy atom. The molecule has 0 unspecified atom stereocenters. The summed E-state index contributed by atoms with van der Waals surface area (Å²) in [6.45, 7) is 8.65. The first-order valence-corrected chi connectivity index (χ1v) is 17.1. The maximum absolute atomic E-state index is 16.8. The number of amides is 1. The molecule has 0 aliphatic carbocycles. The number of aromatic nitrogens is 3. The molecular formula is C36H38ClF2N7O3. The Kier molecular flexibility index (Phi) is 8.69. The van der Waals surface area contributed by atoms with Gasteiger partial charge in [0, 0.05) is 36.8 Å². The van der Waals surface area contributed by atoms with Crippen LogP contribution in [0.5, 0.6) is 6.01 Å². The minimum Gasteiger partial charge on any atom is -0.461 e. The summed E-state index contributed by atoms with van der Waals surface area (Å²) in [5.41, 5.74) is -0.505. The van der Waals surface area contributed by atoms with E-state index in [4.69, 9.17) is 26.1 Å². The molecule has 2 aromatic carbocycles. The van der Waals surface area contributed by atoms with Gasteiger partial charge in [0.15, 0.2) is 5.82 Å². The fraction of sp³-hybridized carbons (Fsp3) is 0.472. The minimum atomic E-state index is -0.721. The van der Waals surface area contributed by atoms with Gasteiger partial charge in [-0.1, -0.05) is 35.9 Å². The standard InChI is InChI=1S/C36H38ClF2N7O3/c1-35(2,3)49-34(47)46-18-17-44(20-23(46)11-14-40)32-25-19-41-30(24-8-4-7-22-9-10-26(38)28(37)27(22)24)29(39)31(25)42-33(43-32)48-21-36-12-5-15-45(36)16-6-13-36/h4,7-10,19,23H,5-6,11-13,15-18,20-21H2,1-3H3/t23-/m0/s1. The first-order valence-electron chi connectivity index (χ1n) is 16.7. The van der Waals surface area contributed by atoms with E-state index in [0.717, 1.165) is 38.8 Å². The lowest BCUT2D eigenvalue weighted by Gasteiger charge is -2.41. The molecule has 3 fully saturated rings. The van der Waals surface area contributed by atoms with Gasteiger partial charge in [-0.25, -0.2) is 13.6 Å². The highest BCUT2D eigenvalue weighted by molar-refractivity contribution is 6.36. The van der Waals surface area contributed by atoms with E-state index in [1.54, 1.807) is 49.9 Å². The molecule has 4 aromatic rings. The van der Waals surface area contributed by atoms with Gasteiger partial charge < -0.3 is 19.3 Å². The Labute approximate surface area is 288 Å². The number of nitriles is 1. The number of fused-ring (bicyclic) bond motifs is 3. The molecule has 0 N–H and O–H groups in total. The van der Waals surface area contributed by atoms with Crippen LogP contribution in [0.2, 0.25) is 5.02 Å². The van der Waals surface area contributed by atoms with E-state index in [-0.39, 0.29) is 47.3 Å². The van der Waals surface area contributed by atoms with Crippen LogP contribution in [0.25, 0.3) is 32.9 Å². The number of nitrogens with zero attached hydrogens (tertiary/aromatic N) is 7. The fourth-order valence-electron chi connectivity index (χ4n) is 7.57. The predicted octanol–water partition coefficient (Wildman–Crippen LogP) is 7.12. The molecule has 13 heteroatoms. The Hall–Kier alpha value is -4.34. The largest absolute Gasteiger partial charge is 0.461 e.